The number of rotatable bonds is 5. The molecule has 4 nitrogen and oxygen atoms in total. The molecule has 0 bridgehead atoms. The van der Waals surface area contributed by atoms with Crippen molar-refractivity contribution in [3.8, 4) is 0 Å². The lowest BCUT2D eigenvalue weighted by Crippen LogP contribution is -2.44. The van der Waals surface area contributed by atoms with Crippen LogP contribution >= 0.6 is 0 Å². The number of carbonyl (C=O) groups is 1. The summed E-state index contributed by atoms with van der Waals surface area (Å²) in [7, 11) is 0. The van der Waals surface area contributed by atoms with Gasteiger partial charge >= 0.3 is 6.09 Å². The van der Waals surface area contributed by atoms with Gasteiger partial charge in [0.1, 0.15) is 11.4 Å². The molecule has 1 aromatic rings. The van der Waals surface area contributed by atoms with Crippen LogP contribution in [0, 0.1) is 12.7 Å². The Balaban J connectivity index is 1.77. The fourth-order valence-corrected chi connectivity index (χ4v) is 3.04. The van der Waals surface area contributed by atoms with Crippen molar-refractivity contribution in [1.82, 2.24) is 10.2 Å². The summed E-state index contributed by atoms with van der Waals surface area (Å²) in [5.74, 6) is -0.192. The molecule has 1 heterocycles. The Kier molecular flexibility index (Phi) is 6.21. The second-order valence-corrected chi connectivity index (χ2v) is 7.49. The van der Waals surface area contributed by atoms with E-state index in [9.17, 15) is 9.18 Å². The first kappa shape index (κ1) is 18.7. The number of ether oxygens (including phenoxy) is 1. The maximum absolute atomic E-state index is 13.1. The third kappa shape index (κ3) is 5.48. The van der Waals surface area contributed by atoms with Gasteiger partial charge < -0.3 is 15.0 Å². The Labute approximate surface area is 144 Å². The molecule has 0 aromatic heterocycles. The van der Waals surface area contributed by atoms with Gasteiger partial charge in [-0.15, -0.1) is 0 Å². The van der Waals surface area contributed by atoms with Gasteiger partial charge in [0, 0.05) is 19.1 Å². The number of likely N-dealkylation sites (tertiary alicyclic amines) is 1. The Morgan fingerprint density at radius 2 is 2.17 bits per heavy atom. The number of halogens is 1. The molecule has 1 N–H and O–H groups in total. The minimum Gasteiger partial charge on any atom is -0.444 e. The number of hydrogen-bond donors (Lipinski definition) is 1. The first-order valence-corrected chi connectivity index (χ1v) is 8.71. The van der Waals surface area contributed by atoms with Gasteiger partial charge in [-0.3, -0.25) is 0 Å². The highest BCUT2D eigenvalue weighted by molar-refractivity contribution is 5.69. The molecule has 1 atom stereocenters. The van der Waals surface area contributed by atoms with Gasteiger partial charge in [-0.05, 0) is 76.8 Å². The molecule has 1 unspecified atom stereocenters. The molecule has 1 aliphatic heterocycles. The molecule has 1 saturated heterocycles. The zero-order valence-corrected chi connectivity index (χ0v) is 15.2. The minimum absolute atomic E-state index is 0.189. The van der Waals surface area contributed by atoms with Crippen molar-refractivity contribution in [3.63, 3.8) is 0 Å². The Morgan fingerprint density at radius 3 is 2.83 bits per heavy atom. The van der Waals surface area contributed by atoms with E-state index in [1.54, 1.807) is 6.07 Å². The quantitative estimate of drug-likeness (QED) is 0.834. The highest BCUT2D eigenvalue weighted by Gasteiger charge is 2.31. The van der Waals surface area contributed by atoms with Gasteiger partial charge in [0.05, 0.1) is 0 Å². The maximum atomic E-state index is 13.1. The van der Waals surface area contributed by atoms with E-state index in [0.717, 1.165) is 50.0 Å². The fraction of sp³-hybridized carbons (Fsp3) is 0.632. The second-order valence-electron chi connectivity index (χ2n) is 7.49. The van der Waals surface area contributed by atoms with E-state index in [1.165, 1.54) is 6.07 Å². The summed E-state index contributed by atoms with van der Waals surface area (Å²) in [6.45, 7) is 9.93. The van der Waals surface area contributed by atoms with Gasteiger partial charge in [-0.2, -0.15) is 0 Å². The van der Waals surface area contributed by atoms with Crippen LogP contribution < -0.4 is 5.32 Å². The number of hydrogen-bond acceptors (Lipinski definition) is 3. The predicted octanol–water partition coefficient (Wildman–Crippen LogP) is 3.67. The largest absolute Gasteiger partial charge is 0.444 e. The molecule has 5 heteroatoms. The van der Waals surface area contributed by atoms with Gasteiger partial charge in [0.25, 0.3) is 0 Å². The normalized spacial score (nSPS) is 18.0. The molecule has 2 rings (SSSR count). The SMILES string of the molecule is Cc1cc(F)ccc1CCNCC1CCCN1C(=O)OC(C)(C)C. The number of nitrogens with zero attached hydrogens (tertiary/aromatic N) is 1. The fourth-order valence-electron chi connectivity index (χ4n) is 3.04. The van der Waals surface area contributed by atoms with Crippen molar-refractivity contribution in [3.05, 3.63) is 35.1 Å². The van der Waals surface area contributed by atoms with Crippen LogP contribution in [0.3, 0.4) is 0 Å². The molecule has 0 radical (unpaired) electrons. The molecule has 1 aromatic carbocycles. The van der Waals surface area contributed by atoms with E-state index in [-0.39, 0.29) is 18.0 Å². The summed E-state index contributed by atoms with van der Waals surface area (Å²) in [4.78, 5) is 14.1. The molecule has 24 heavy (non-hydrogen) atoms. The van der Waals surface area contributed by atoms with Crippen LogP contribution in [0.15, 0.2) is 18.2 Å². The standard InChI is InChI=1S/C19H29FN2O2/c1-14-12-16(20)8-7-15(14)9-10-21-13-17-6-5-11-22(17)18(23)24-19(2,3)4/h7-8,12,17,21H,5-6,9-11,13H2,1-4H3. The van der Waals surface area contributed by atoms with E-state index < -0.39 is 5.60 Å². The van der Waals surface area contributed by atoms with Crippen molar-refractivity contribution in [1.29, 1.82) is 0 Å². The molecule has 0 aliphatic carbocycles. The maximum Gasteiger partial charge on any atom is 0.410 e. The van der Waals surface area contributed by atoms with Gasteiger partial charge in [0.15, 0.2) is 0 Å². The van der Waals surface area contributed by atoms with Crippen LogP contribution in [0.1, 0.15) is 44.7 Å². The second kappa shape index (κ2) is 7.97. The Bertz CT molecular complexity index is 569. The number of benzene rings is 1. The summed E-state index contributed by atoms with van der Waals surface area (Å²) < 4.78 is 18.6. The molecule has 0 saturated carbocycles. The number of aryl methyl sites for hydroxylation is 1. The van der Waals surface area contributed by atoms with Crippen molar-refractivity contribution in [2.24, 2.45) is 0 Å². The lowest BCUT2D eigenvalue weighted by atomic mass is 10.1. The lowest BCUT2D eigenvalue weighted by molar-refractivity contribution is 0.0227. The minimum atomic E-state index is -0.461. The van der Waals surface area contributed by atoms with Gasteiger partial charge in [0.2, 0.25) is 0 Å². The Morgan fingerprint density at radius 1 is 1.42 bits per heavy atom. The van der Waals surface area contributed by atoms with E-state index in [2.05, 4.69) is 5.32 Å². The van der Waals surface area contributed by atoms with Crippen molar-refractivity contribution in [2.75, 3.05) is 19.6 Å². The third-order valence-corrected chi connectivity index (χ3v) is 4.26. The molecule has 1 fully saturated rings. The van der Waals surface area contributed by atoms with E-state index in [0.29, 0.717) is 0 Å². The summed E-state index contributed by atoms with van der Waals surface area (Å²) in [6.07, 6.45) is 2.65. The molecule has 1 aliphatic rings. The van der Waals surface area contributed by atoms with Crippen LogP contribution in [-0.4, -0.2) is 42.3 Å². The lowest BCUT2D eigenvalue weighted by Gasteiger charge is -2.28. The zero-order valence-electron chi connectivity index (χ0n) is 15.2. The molecule has 134 valence electrons. The molecule has 1 amide bonds. The average Bonchev–Trinajstić information content (AvgIpc) is 2.92. The summed E-state index contributed by atoms with van der Waals surface area (Å²) in [5.41, 5.74) is 1.67. The molecular weight excluding hydrogens is 307 g/mol. The summed E-state index contributed by atoms with van der Waals surface area (Å²) in [5, 5.41) is 3.42. The van der Waals surface area contributed by atoms with Crippen LogP contribution in [0.2, 0.25) is 0 Å². The third-order valence-electron chi connectivity index (χ3n) is 4.26. The summed E-state index contributed by atoms with van der Waals surface area (Å²) >= 11 is 0. The molecule has 0 spiro atoms. The van der Waals surface area contributed by atoms with Crippen LogP contribution in [0.4, 0.5) is 9.18 Å². The first-order valence-electron chi connectivity index (χ1n) is 8.71. The monoisotopic (exact) mass is 336 g/mol. The number of amides is 1. The number of nitrogens with one attached hydrogen (secondary N) is 1. The van der Waals surface area contributed by atoms with Crippen LogP contribution in [0.25, 0.3) is 0 Å². The van der Waals surface area contributed by atoms with Gasteiger partial charge in [-0.1, -0.05) is 6.07 Å². The number of carbonyl (C=O) groups excluding carboxylic acids is 1. The van der Waals surface area contributed by atoms with Crippen molar-refractivity contribution in [2.45, 2.75) is 58.6 Å². The summed E-state index contributed by atoms with van der Waals surface area (Å²) in [6, 6.07) is 5.10. The van der Waals surface area contributed by atoms with E-state index >= 15 is 0 Å². The topological polar surface area (TPSA) is 41.6 Å². The van der Waals surface area contributed by atoms with E-state index in [1.807, 2.05) is 38.7 Å². The highest BCUT2D eigenvalue weighted by atomic mass is 19.1. The van der Waals surface area contributed by atoms with Crippen LogP contribution in [-0.2, 0) is 11.2 Å². The van der Waals surface area contributed by atoms with E-state index in [4.69, 9.17) is 4.74 Å². The zero-order chi connectivity index (χ0) is 17.7. The Hall–Kier alpha value is -1.62. The predicted molar refractivity (Wildman–Crippen MR) is 93.7 cm³/mol. The van der Waals surface area contributed by atoms with Gasteiger partial charge in [-0.25, -0.2) is 9.18 Å². The van der Waals surface area contributed by atoms with Crippen LogP contribution in [0.5, 0.6) is 0 Å². The average molecular weight is 336 g/mol. The molecular formula is C19H29FN2O2. The van der Waals surface area contributed by atoms with Crippen molar-refractivity contribution < 1.29 is 13.9 Å². The smallest absolute Gasteiger partial charge is 0.410 e. The first-order chi connectivity index (χ1) is 11.3. The van der Waals surface area contributed by atoms with Crippen molar-refractivity contribution >= 4 is 6.09 Å². The highest BCUT2D eigenvalue weighted by Crippen LogP contribution is 2.20.